The van der Waals surface area contributed by atoms with Crippen LogP contribution in [0.15, 0.2) is 64.3 Å². The Morgan fingerprint density at radius 3 is 2.37 bits per heavy atom. The maximum atomic E-state index is 12.7. The summed E-state index contributed by atoms with van der Waals surface area (Å²) in [5.74, 6) is 1.41. The van der Waals surface area contributed by atoms with Gasteiger partial charge in [-0.15, -0.1) is 0 Å². The van der Waals surface area contributed by atoms with Crippen LogP contribution in [0.4, 0.5) is 17.4 Å². The SMILES string of the molecule is Cc1ccc(OC(C)C)c(-c2cc(Nc3ccc(S(=O)(=O)Nc4onc(C)c4C)cc3)ncn2)c1. The van der Waals surface area contributed by atoms with E-state index in [4.69, 9.17) is 9.26 Å². The monoisotopic (exact) mass is 493 g/mol. The Hall–Kier alpha value is -3.92. The van der Waals surface area contributed by atoms with Gasteiger partial charge in [0, 0.05) is 22.9 Å². The van der Waals surface area contributed by atoms with E-state index < -0.39 is 10.0 Å². The molecule has 0 bridgehead atoms. The quantitative estimate of drug-likeness (QED) is 0.335. The van der Waals surface area contributed by atoms with Crippen molar-refractivity contribution in [1.82, 2.24) is 15.1 Å². The van der Waals surface area contributed by atoms with Crippen molar-refractivity contribution in [3.05, 3.63) is 71.7 Å². The van der Waals surface area contributed by atoms with Crippen molar-refractivity contribution in [2.45, 2.75) is 45.6 Å². The molecular formula is C25H27N5O4S. The molecule has 0 aliphatic heterocycles. The number of hydrogen-bond donors (Lipinski definition) is 2. The molecule has 2 aromatic carbocycles. The van der Waals surface area contributed by atoms with Crippen LogP contribution in [0.2, 0.25) is 0 Å². The topological polar surface area (TPSA) is 119 Å². The van der Waals surface area contributed by atoms with Gasteiger partial charge in [-0.3, -0.25) is 0 Å². The first-order chi connectivity index (χ1) is 16.6. The first kappa shape index (κ1) is 24.2. The van der Waals surface area contributed by atoms with Crippen molar-refractivity contribution < 1.29 is 17.7 Å². The van der Waals surface area contributed by atoms with Crippen LogP contribution in [0.25, 0.3) is 11.3 Å². The Morgan fingerprint density at radius 1 is 0.971 bits per heavy atom. The fourth-order valence-corrected chi connectivity index (χ4v) is 4.38. The van der Waals surface area contributed by atoms with Gasteiger partial charge in [0.1, 0.15) is 17.9 Å². The van der Waals surface area contributed by atoms with Gasteiger partial charge in [0.05, 0.1) is 22.4 Å². The lowest BCUT2D eigenvalue weighted by molar-refractivity contribution is 0.243. The molecule has 2 aromatic heterocycles. The van der Waals surface area contributed by atoms with Crippen LogP contribution in [-0.2, 0) is 10.0 Å². The number of nitrogens with zero attached hydrogens (tertiary/aromatic N) is 3. The number of hydrogen-bond acceptors (Lipinski definition) is 8. The lowest BCUT2D eigenvalue weighted by Crippen LogP contribution is -2.13. The van der Waals surface area contributed by atoms with E-state index in [9.17, 15) is 8.42 Å². The summed E-state index contributed by atoms with van der Waals surface area (Å²) in [4.78, 5) is 8.81. The molecule has 4 rings (SSSR count). The predicted octanol–water partition coefficient (Wildman–Crippen LogP) is 5.39. The number of aromatic nitrogens is 3. The van der Waals surface area contributed by atoms with Crippen molar-refractivity contribution in [1.29, 1.82) is 0 Å². The highest BCUT2D eigenvalue weighted by molar-refractivity contribution is 7.92. The van der Waals surface area contributed by atoms with Gasteiger partial charge in [-0.2, -0.15) is 0 Å². The Balaban J connectivity index is 1.54. The van der Waals surface area contributed by atoms with Crippen molar-refractivity contribution in [2.75, 3.05) is 10.0 Å². The Labute approximate surface area is 204 Å². The van der Waals surface area contributed by atoms with E-state index in [0.717, 1.165) is 16.9 Å². The maximum absolute atomic E-state index is 12.7. The number of ether oxygens (including phenoxy) is 1. The molecule has 9 nitrogen and oxygen atoms in total. The van der Waals surface area contributed by atoms with Crippen LogP contribution in [0, 0.1) is 20.8 Å². The van der Waals surface area contributed by atoms with Gasteiger partial charge in [0.2, 0.25) is 5.88 Å². The normalized spacial score (nSPS) is 11.5. The lowest BCUT2D eigenvalue weighted by Gasteiger charge is -2.15. The molecule has 0 saturated carbocycles. The molecule has 2 heterocycles. The third kappa shape index (κ3) is 5.60. The minimum atomic E-state index is -3.82. The summed E-state index contributed by atoms with van der Waals surface area (Å²) in [7, 11) is -3.82. The molecule has 0 saturated heterocycles. The van der Waals surface area contributed by atoms with E-state index in [1.165, 1.54) is 18.5 Å². The fraction of sp³-hybridized carbons (Fsp3) is 0.240. The van der Waals surface area contributed by atoms with Gasteiger partial charge < -0.3 is 14.6 Å². The largest absolute Gasteiger partial charge is 0.490 e. The van der Waals surface area contributed by atoms with Crippen LogP contribution in [0.5, 0.6) is 5.75 Å². The second-order valence-corrected chi connectivity index (χ2v) is 10.1. The number of sulfonamides is 1. The van der Waals surface area contributed by atoms with Crippen LogP contribution >= 0.6 is 0 Å². The zero-order valence-corrected chi connectivity index (χ0v) is 21.0. The Morgan fingerprint density at radius 2 is 1.71 bits per heavy atom. The molecule has 0 spiro atoms. The van der Waals surface area contributed by atoms with Gasteiger partial charge in [0.15, 0.2) is 0 Å². The van der Waals surface area contributed by atoms with E-state index in [1.807, 2.05) is 45.0 Å². The minimum Gasteiger partial charge on any atom is -0.490 e. The summed E-state index contributed by atoms with van der Waals surface area (Å²) in [6.07, 6.45) is 1.50. The summed E-state index contributed by atoms with van der Waals surface area (Å²) in [5.41, 5.74) is 4.60. The van der Waals surface area contributed by atoms with Crippen molar-refractivity contribution in [2.24, 2.45) is 0 Å². The molecule has 0 aliphatic carbocycles. The van der Waals surface area contributed by atoms with E-state index in [-0.39, 0.29) is 16.9 Å². The molecule has 0 fully saturated rings. The molecule has 0 amide bonds. The maximum Gasteiger partial charge on any atom is 0.264 e. The number of aryl methyl sites for hydroxylation is 2. The number of rotatable bonds is 8. The molecule has 35 heavy (non-hydrogen) atoms. The van der Waals surface area contributed by atoms with Crippen molar-refractivity contribution in [3.63, 3.8) is 0 Å². The second-order valence-electron chi connectivity index (χ2n) is 8.43. The predicted molar refractivity (Wildman–Crippen MR) is 134 cm³/mol. The Kier molecular flexibility index (Phi) is 6.74. The third-order valence-corrected chi connectivity index (χ3v) is 6.61. The summed E-state index contributed by atoms with van der Waals surface area (Å²) in [6, 6.07) is 14.1. The van der Waals surface area contributed by atoms with Crippen LogP contribution < -0.4 is 14.8 Å². The van der Waals surface area contributed by atoms with Gasteiger partial charge in [-0.1, -0.05) is 16.8 Å². The van der Waals surface area contributed by atoms with Crippen LogP contribution in [0.3, 0.4) is 0 Å². The third-order valence-electron chi connectivity index (χ3n) is 5.26. The van der Waals surface area contributed by atoms with Crippen molar-refractivity contribution in [3.8, 4) is 17.0 Å². The minimum absolute atomic E-state index is 0.0251. The molecule has 0 radical (unpaired) electrons. The summed E-state index contributed by atoms with van der Waals surface area (Å²) < 4.78 is 38.9. The molecule has 10 heteroatoms. The average Bonchev–Trinajstić information content (AvgIpc) is 3.12. The van der Waals surface area contributed by atoms with Gasteiger partial charge in [0.25, 0.3) is 10.0 Å². The zero-order valence-electron chi connectivity index (χ0n) is 20.2. The number of benzene rings is 2. The van der Waals surface area contributed by atoms with Crippen LogP contribution in [-0.4, -0.2) is 29.6 Å². The highest BCUT2D eigenvalue weighted by Crippen LogP contribution is 2.32. The molecule has 2 N–H and O–H groups in total. The van der Waals surface area contributed by atoms with Crippen molar-refractivity contribution >= 4 is 27.4 Å². The average molecular weight is 494 g/mol. The van der Waals surface area contributed by atoms with E-state index in [0.29, 0.717) is 28.5 Å². The first-order valence-electron chi connectivity index (χ1n) is 11.0. The zero-order chi connectivity index (χ0) is 25.2. The van der Waals surface area contributed by atoms with Gasteiger partial charge in [-0.05, 0) is 71.0 Å². The fourth-order valence-electron chi connectivity index (χ4n) is 3.33. The molecule has 0 aliphatic rings. The summed E-state index contributed by atoms with van der Waals surface area (Å²) in [6.45, 7) is 9.44. The lowest BCUT2D eigenvalue weighted by atomic mass is 10.1. The van der Waals surface area contributed by atoms with Gasteiger partial charge in [-0.25, -0.2) is 23.1 Å². The van der Waals surface area contributed by atoms with E-state index >= 15 is 0 Å². The van der Waals surface area contributed by atoms with Crippen LogP contribution in [0.1, 0.15) is 30.7 Å². The number of nitrogens with one attached hydrogen (secondary N) is 2. The molecule has 0 atom stereocenters. The van der Waals surface area contributed by atoms with Gasteiger partial charge >= 0.3 is 0 Å². The standard InChI is InChI=1S/C25H27N5O4S/c1-15(2)33-23-11-6-16(3)12-21(23)22-13-24(27-14-26-22)28-19-7-9-20(10-8-19)35(31,32)30-25-17(4)18(5)29-34-25/h6-15,30H,1-5H3,(H,26,27,28). The van der Waals surface area contributed by atoms with E-state index in [1.54, 1.807) is 26.0 Å². The highest BCUT2D eigenvalue weighted by Gasteiger charge is 2.19. The molecular weight excluding hydrogens is 466 g/mol. The molecule has 4 aromatic rings. The van der Waals surface area contributed by atoms with E-state index in [2.05, 4.69) is 25.2 Å². The summed E-state index contributed by atoms with van der Waals surface area (Å²) in [5, 5.41) is 6.97. The first-order valence-corrected chi connectivity index (χ1v) is 12.5. The second kappa shape index (κ2) is 9.75. The Bertz CT molecular complexity index is 1450. The summed E-state index contributed by atoms with van der Waals surface area (Å²) >= 11 is 0. The highest BCUT2D eigenvalue weighted by atomic mass is 32.2. The molecule has 182 valence electrons. The number of anilines is 3. The molecule has 0 unspecified atom stereocenters. The smallest absolute Gasteiger partial charge is 0.264 e.